The maximum atomic E-state index is 12.8. The van der Waals surface area contributed by atoms with E-state index >= 15 is 0 Å². The number of unbranched alkanes of at least 4 members (excludes halogenated alkanes) is 1. The van der Waals surface area contributed by atoms with E-state index in [1.165, 1.54) is 0 Å². The molecule has 1 aromatic heterocycles. The minimum atomic E-state index is -0.194. The van der Waals surface area contributed by atoms with Gasteiger partial charge in [-0.1, -0.05) is 24.9 Å². The number of piperidine rings is 1. The molecule has 28 heavy (non-hydrogen) atoms. The molecule has 0 radical (unpaired) electrons. The average Bonchev–Trinajstić information content (AvgIpc) is 3.10. The lowest BCUT2D eigenvalue weighted by Gasteiger charge is -2.30. The van der Waals surface area contributed by atoms with Gasteiger partial charge in [0, 0.05) is 30.6 Å². The second kappa shape index (κ2) is 9.19. The zero-order chi connectivity index (χ0) is 20.1. The molecule has 1 aliphatic rings. The number of carbonyl (C=O) groups is 2. The molecule has 0 aliphatic carbocycles. The number of hydrogen-bond donors (Lipinski definition) is 1. The number of amides is 2. The van der Waals surface area contributed by atoms with E-state index in [1.54, 1.807) is 21.7 Å². The Morgan fingerprint density at radius 3 is 2.54 bits per heavy atom. The minimum Gasteiger partial charge on any atom is -0.356 e. The molecule has 0 unspecified atom stereocenters. The van der Waals surface area contributed by atoms with Crippen molar-refractivity contribution in [2.75, 3.05) is 19.6 Å². The summed E-state index contributed by atoms with van der Waals surface area (Å²) in [5, 5.41) is 8.00. The Labute approximate surface area is 170 Å². The van der Waals surface area contributed by atoms with Crippen LogP contribution in [-0.4, -0.2) is 51.1 Å². The summed E-state index contributed by atoms with van der Waals surface area (Å²) in [5.74, 6) is 0.693. The van der Waals surface area contributed by atoms with Crippen LogP contribution in [0.1, 0.15) is 49.1 Å². The molecule has 1 aromatic carbocycles. The largest absolute Gasteiger partial charge is 0.356 e. The van der Waals surface area contributed by atoms with Gasteiger partial charge in [0.1, 0.15) is 5.82 Å². The topological polar surface area (TPSA) is 80.1 Å². The Bertz CT molecular complexity index is 826. The third-order valence-electron chi connectivity index (χ3n) is 5.01. The lowest BCUT2D eigenvalue weighted by molar-refractivity contribution is -0.126. The summed E-state index contributed by atoms with van der Waals surface area (Å²) in [6.45, 7) is 5.71. The van der Waals surface area contributed by atoms with Gasteiger partial charge in [0.15, 0.2) is 0 Å². The van der Waals surface area contributed by atoms with Gasteiger partial charge in [0.2, 0.25) is 11.7 Å². The van der Waals surface area contributed by atoms with Crippen molar-refractivity contribution in [1.29, 1.82) is 0 Å². The average molecular weight is 404 g/mol. The normalized spacial score (nSPS) is 14.9. The first-order valence-electron chi connectivity index (χ1n) is 9.76. The first-order valence-corrected chi connectivity index (χ1v) is 10.1. The third kappa shape index (κ3) is 4.70. The molecule has 0 spiro atoms. The van der Waals surface area contributed by atoms with Crippen LogP contribution < -0.4 is 5.32 Å². The highest BCUT2D eigenvalue weighted by molar-refractivity contribution is 6.30. The van der Waals surface area contributed by atoms with Crippen LogP contribution in [0.15, 0.2) is 24.3 Å². The number of hydrogen-bond acceptors (Lipinski definition) is 4. The van der Waals surface area contributed by atoms with Gasteiger partial charge in [-0.15, -0.1) is 5.10 Å². The van der Waals surface area contributed by atoms with E-state index in [-0.39, 0.29) is 23.6 Å². The van der Waals surface area contributed by atoms with Crippen LogP contribution >= 0.6 is 11.6 Å². The molecular formula is C20H26ClN5O2. The second-order valence-electron chi connectivity index (χ2n) is 7.08. The Morgan fingerprint density at radius 2 is 1.89 bits per heavy atom. The van der Waals surface area contributed by atoms with Crippen molar-refractivity contribution in [1.82, 2.24) is 25.0 Å². The fourth-order valence-corrected chi connectivity index (χ4v) is 3.45. The molecule has 1 fully saturated rings. The van der Waals surface area contributed by atoms with E-state index in [0.717, 1.165) is 25.1 Å². The predicted octanol–water partition coefficient (Wildman–Crippen LogP) is 3.00. The fourth-order valence-electron chi connectivity index (χ4n) is 3.33. The molecule has 1 saturated heterocycles. The molecular weight excluding hydrogens is 378 g/mol. The molecule has 1 aliphatic heterocycles. The van der Waals surface area contributed by atoms with Crippen molar-refractivity contribution >= 4 is 23.4 Å². The van der Waals surface area contributed by atoms with Crippen LogP contribution in [-0.2, 0) is 4.79 Å². The van der Waals surface area contributed by atoms with E-state index in [4.69, 9.17) is 11.6 Å². The van der Waals surface area contributed by atoms with Crippen molar-refractivity contribution in [2.45, 2.75) is 39.5 Å². The second-order valence-corrected chi connectivity index (χ2v) is 7.52. The number of nitrogens with zero attached hydrogens (tertiary/aromatic N) is 4. The Hall–Kier alpha value is -2.41. The number of aromatic nitrogens is 3. The molecule has 3 rings (SSSR count). The number of benzene rings is 1. The highest BCUT2D eigenvalue weighted by Gasteiger charge is 2.29. The van der Waals surface area contributed by atoms with Gasteiger partial charge in [0.05, 0.1) is 5.69 Å². The van der Waals surface area contributed by atoms with Gasteiger partial charge >= 0.3 is 0 Å². The number of aryl methyl sites for hydroxylation is 1. The fraction of sp³-hybridized carbons (Fsp3) is 0.500. The van der Waals surface area contributed by atoms with Gasteiger partial charge in [-0.3, -0.25) is 9.59 Å². The first kappa shape index (κ1) is 20.3. The van der Waals surface area contributed by atoms with Gasteiger partial charge in [-0.2, -0.15) is 0 Å². The highest BCUT2D eigenvalue weighted by atomic mass is 35.5. The third-order valence-corrected chi connectivity index (χ3v) is 5.27. The van der Waals surface area contributed by atoms with Crippen LogP contribution in [0.5, 0.6) is 0 Å². The van der Waals surface area contributed by atoms with Crippen molar-refractivity contribution in [3.8, 4) is 5.69 Å². The SMILES string of the molecule is CCCCNC(=O)C1CCN(C(=O)c2nc(C)n(-c3ccc(Cl)cc3)n2)CC1. The highest BCUT2D eigenvalue weighted by Crippen LogP contribution is 2.20. The van der Waals surface area contributed by atoms with Crippen molar-refractivity contribution in [2.24, 2.45) is 5.92 Å². The van der Waals surface area contributed by atoms with Gasteiger partial charge < -0.3 is 10.2 Å². The molecule has 2 amide bonds. The lowest BCUT2D eigenvalue weighted by atomic mass is 9.96. The van der Waals surface area contributed by atoms with Crippen LogP contribution in [0.3, 0.4) is 0 Å². The maximum Gasteiger partial charge on any atom is 0.293 e. The first-order chi connectivity index (χ1) is 13.5. The molecule has 0 bridgehead atoms. The summed E-state index contributed by atoms with van der Waals surface area (Å²) >= 11 is 5.93. The Morgan fingerprint density at radius 1 is 1.21 bits per heavy atom. The standard InChI is InChI=1S/C20H26ClN5O2/c1-3-4-11-22-19(27)15-9-12-25(13-10-15)20(28)18-23-14(2)26(24-18)17-7-5-16(21)6-8-17/h5-8,15H,3-4,9-13H2,1-2H3,(H,22,27). The number of likely N-dealkylation sites (tertiary alicyclic amines) is 1. The molecule has 8 heteroatoms. The monoisotopic (exact) mass is 403 g/mol. The van der Waals surface area contributed by atoms with E-state index in [9.17, 15) is 9.59 Å². The van der Waals surface area contributed by atoms with Crippen LogP contribution in [0.4, 0.5) is 0 Å². The molecule has 2 heterocycles. The molecule has 0 saturated carbocycles. The zero-order valence-electron chi connectivity index (χ0n) is 16.3. The van der Waals surface area contributed by atoms with E-state index in [0.29, 0.717) is 36.8 Å². The van der Waals surface area contributed by atoms with Gasteiger partial charge in [0.25, 0.3) is 5.91 Å². The summed E-state index contributed by atoms with van der Waals surface area (Å²) < 4.78 is 1.64. The number of nitrogens with one attached hydrogen (secondary N) is 1. The minimum absolute atomic E-state index is 0.0257. The molecule has 150 valence electrons. The van der Waals surface area contributed by atoms with Crippen molar-refractivity contribution in [3.63, 3.8) is 0 Å². The summed E-state index contributed by atoms with van der Waals surface area (Å²) in [6, 6.07) is 7.22. The molecule has 1 N–H and O–H groups in total. The van der Waals surface area contributed by atoms with Gasteiger partial charge in [-0.25, -0.2) is 9.67 Å². The van der Waals surface area contributed by atoms with E-state index < -0.39 is 0 Å². The van der Waals surface area contributed by atoms with Crippen molar-refractivity contribution < 1.29 is 9.59 Å². The number of rotatable bonds is 6. The number of carbonyl (C=O) groups excluding carboxylic acids is 2. The van der Waals surface area contributed by atoms with Crippen LogP contribution in [0.25, 0.3) is 5.69 Å². The Balaban J connectivity index is 1.60. The summed E-state index contributed by atoms with van der Waals surface area (Å²) in [5.41, 5.74) is 0.802. The summed E-state index contributed by atoms with van der Waals surface area (Å²) in [7, 11) is 0. The quantitative estimate of drug-likeness (QED) is 0.752. The summed E-state index contributed by atoms with van der Waals surface area (Å²) in [4.78, 5) is 31.1. The van der Waals surface area contributed by atoms with Crippen LogP contribution in [0.2, 0.25) is 5.02 Å². The molecule has 0 atom stereocenters. The maximum absolute atomic E-state index is 12.8. The molecule has 2 aromatic rings. The van der Waals surface area contributed by atoms with E-state index in [1.807, 2.05) is 19.1 Å². The zero-order valence-corrected chi connectivity index (χ0v) is 17.1. The predicted molar refractivity (Wildman–Crippen MR) is 108 cm³/mol. The van der Waals surface area contributed by atoms with E-state index in [2.05, 4.69) is 22.3 Å². The van der Waals surface area contributed by atoms with Crippen molar-refractivity contribution in [3.05, 3.63) is 40.9 Å². The smallest absolute Gasteiger partial charge is 0.293 e. The lowest BCUT2D eigenvalue weighted by Crippen LogP contribution is -2.43. The van der Waals surface area contributed by atoms with Crippen LogP contribution in [0, 0.1) is 12.8 Å². The number of halogens is 1. The summed E-state index contributed by atoms with van der Waals surface area (Å²) in [6.07, 6.45) is 3.38. The molecule has 7 nitrogen and oxygen atoms in total. The van der Waals surface area contributed by atoms with Gasteiger partial charge in [-0.05, 0) is 50.5 Å². The Kier molecular flexibility index (Phi) is 6.67.